The number of aliphatic hydroxyl groups is 1. The molecule has 0 radical (unpaired) electrons. The third-order valence-electron chi connectivity index (χ3n) is 3.04. The molecule has 0 fully saturated rings. The van der Waals surface area contributed by atoms with Crippen molar-refractivity contribution in [1.82, 2.24) is 5.32 Å². The zero-order valence-corrected chi connectivity index (χ0v) is 11.6. The second-order valence-corrected chi connectivity index (χ2v) is 4.57. The van der Waals surface area contributed by atoms with Crippen molar-refractivity contribution < 1.29 is 14.6 Å². The van der Waals surface area contributed by atoms with E-state index < -0.39 is 0 Å². The topological polar surface area (TPSA) is 50.7 Å². The Hall–Kier alpha value is -1.26. The molecule has 0 spiro atoms. The van der Waals surface area contributed by atoms with E-state index in [1.165, 1.54) is 0 Å². The standard InChI is InChI=1S/C14H23NO3/c1-10(2)12(9-16)15-8-11-6-5-7-13(17-3)14(11)18-4/h5-7,10,12,15-16H,8-9H2,1-4H3. The molecule has 0 heterocycles. The molecule has 1 aromatic carbocycles. The Morgan fingerprint density at radius 2 is 1.94 bits per heavy atom. The van der Waals surface area contributed by atoms with Crippen molar-refractivity contribution in [3.05, 3.63) is 23.8 Å². The van der Waals surface area contributed by atoms with Crippen molar-refractivity contribution in [3.8, 4) is 11.5 Å². The molecule has 0 amide bonds. The highest BCUT2D eigenvalue weighted by molar-refractivity contribution is 5.46. The molecule has 18 heavy (non-hydrogen) atoms. The van der Waals surface area contributed by atoms with Crippen molar-refractivity contribution >= 4 is 0 Å². The molecule has 1 atom stereocenters. The first-order chi connectivity index (χ1) is 8.63. The Bertz CT molecular complexity index is 366. The number of hydrogen-bond donors (Lipinski definition) is 2. The van der Waals surface area contributed by atoms with Crippen LogP contribution in [0.3, 0.4) is 0 Å². The minimum Gasteiger partial charge on any atom is -0.493 e. The third kappa shape index (κ3) is 3.62. The highest BCUT2D eigenvalue weighted by Crippen LogP contribution is 2.30. The third-order valence-corrected chi connectivity index (χ3v) is 3.04. The maximum atomic E-state index is 9.28. The Balaban J connectivity index is 2.78. The molecule has 0 aliphatic rings. The molecular formula is C14H23NO3. The van der Waals surface area contributed by atoms with Crippen LogP contribution in [0.5, 0.6) is 11.5 Å². The Labute approximate surface area is 109 Å². The Morgan fingerprint density at radius 3 is 2.44 bits per heavy atom. The van der Waals surface area contributed by atoms with Crippen LogP contribution >= 0.6 is 0 Å². The summed E-state index contributed by atoms with van der Waals surface area (Å²) in [4.78, 5) is 0. The number of hydrogen-bond acceptors (Lipinski definition) is 4. The number of ether oxygens (including phenoxy) is 2. The maximum Gasteiger partial charge on any atom is 0.165 e. The van der Waals surface area contributed by atoms with Crippen LogP contribution in [0.15, 0.2) is 18.2 Å². The van der Waals surface area contributed by atoms with Crippen molar-refractivity contribution in [2.45, 2.75) is 26.4 Å². The summed E-state index contributed by atoms with van der Waals surface area (Å²) in [7, 11) is 3.26. The number of aliphatic hydroxyl groups excluding tert-OH is 1. The van der Waals surface area contributed by atoms with Crippen LogP contribution in [0.1, 0.15) is 19.4 Å². The molecule has 0 aliphatic carbocycles. The molecule has 4 nitrogen and oxygen atoms in total. The predicted molar refractivity (Wildman–Crippen MR) is 72.1 cm³/mol. The van der Waals surface area contributed by atoms with E-state index in [0.29, 0.717) is 12.5 Å². The molecule has 4 heteroatoms. The minimum absolute atomic E-state index is 0.0842. The van der Waals surface area contributed by atoms with Crippen molar-refractivity contribution in [2.24, 2.45) is 5.92 Å². The van der Waals surface area contributed by atoms with Crippen LogP contribution in [0.2, 0.25) is 0 Å². The van der Waals surface area contributed by atoms with Crippen LogP contribution in [0, 0.1) is 5.92 Å². The summed E-state index contributed by atoms with van der Waals surface area (Å²) < 4.78 is 10.6. The molecular weight excluding hydrogens is 230 g/mol. The zero-order valence-electron chi connectivity index (χ0n) is 11.6. The van der Waals surface area contributed by atoms with Crippen molar-refractivity contribution in [3.63, 3.8) is 0 Å². The first kappa shape index (κ1) is 14.8. The summed E-state index contributed by atoms with van der Waals surface area (Å²) in [6.07, 6.45) is 0. The molecule has 2 N–H and O–H groups in total. The van der Waals surface area contributed by atoms with Gasteiger partial charge in [-0.05, 0) is 12.0 Å². The quantitative estimate of drug-likeness (QED) is 0.778. The Morgan fingerprint density at radius 1 is 1.22 bits per heavy atom. The lowest BCUT2D eigenvalue weighted by Crippen LogP contribution is -2.36. The maximum absolute atomic E-state index is 9.28. The number of nitrogens with one attached hydrogen (secondary N) is 1. The van der Waals surface area contributed by atoms with E-state index in [1.54, 1.807) is 14.2 Å². The smallest absolute Gasteiger partial charge is 0.165 e. The van der Waals surface area contributed by atoms with Gasteiger partial charge in [-0.1, -0.05) is 26.0 Å². The minimum atomic E-state index is 0.0842. The second kappa shape index (κ2) is 7.24. The van der Waals surface area contributed by atoms with Gasteiger partial charge in [0, 0.05) is 18.2 Å². The van der Waals surface area contributed by atoms with E-state index in [9.17, 15) is 5.11 Å². The fraction of sp³-hybridized carbons (Fsp3) is 0.571. The number of benzene rings is 1. The Kier molecular flexibility index (Phi) is 5.95. The van der Waals surface area contributed by atoms with E-state index in [-0.39, 0.29) is 12.6 Å². The van der Waals surface area contributed by atoms with Gasteiger partial charge in [0.2, 0.25) is 0 Å². The van der Waals surface area contributed by atoms with Gasteiger partial charge >= 0.3 is 0 Å². The van der Waals surface area contributed by atoms with Crippen LogP contribution in [0.4, 0.5) is 0 Å². The van der Waals surface area contributed by atoms with E-state index in [2.05, 4.69) is 19.2 Å². The number of para-hydroxylation sites is 1. The molecule has 1 unspecified atom stereocenters. The molecule has 0 bridgehead atoms. The van der Waals surface area contributed by atoms with E-state index in [1.807, 2.05) is 18.2 Å². The summed E-state index contributed by atoms with van der Waals surface area (Å²) in [6.45, 7) is 4.93. The normalized spacial score (nSPS) is 12.6. The van der Waals surface area contributed by atoms with Crippen LogP contribution < -0.4 is 14.8 Å². The van der Waals surface area contributed by atoms with E-state index >= 15 is 0 Å². The summed E-state index contributed by atoms with van der Waals surface area (Å²) in [6, 6.07) is 5.87. The molecule has 0 saturated heterocycles. The lowest BCUT2D eigenvalue weighted by atomic mass is 10.0. The first-order valence-corrected chi connectivity index (χ1v) is 6.18. The van der Waals surface area contributed by atoms with Crippen molar-refractivity contribution in [1.29, 1.82) is 0 Å². The van der Waals surface area contributed by atoms with Gasteiger partial charge in [0.1, 0.15) is 0 Å². The molecule has 1 rings (SSSR count). The number of methoxy groups -OCH3 is 2. The summed E-state index contributed by atoms with van der Waals surface area (Å²) in [5, 5.41) is 12.6. The molecule has 0 aromatic heterocycles. The number of rotatable bonds is 7. The van der Waals surface area contributed by atoms with Gasteiger partial charge in [-0.25, -0.2) is 0 Å². The predicted octanol–water partition coefficient (Wildman–Crippen LogP) is 1.81. The van der Waals surface area contributed by atoms with Crippen molar-refractivity contribution in [2.75, 3.05) is 20.8 Å². The van der Waals surface area contributed by atoms with Gasteiger partial charge < -0.3 is 19.9 Å². The summed E-state index contributed by atoms with van der Waals surface area (Å²) in [5.74, 6) is 1.85. The van der Waals surface area contributed by atoms with Gasteiger partial charge in [0.05, 0.1) is 20.8 Å². The fourth-order valence-corrected chi connectivity index (χ4v) is 1.85. The van der Waals surface area contributed by atoms with Gasteiger partial charge in [-0.15, -0.1) is 0 Å². The molecule has 0 aliphatic heterocycles. The summed E-state index contributed by atoms with van der Waals surface area (Å²) in [5.41, 5.74) is 1.02. The fourth-order valence-electron chi connectivity index (χ4n) is 1.85. The monoisotopic (exact) mass is 253 g/mol. The SMILES string of the molecule is COc1cccc(CNC(CO)C(C)C)c1OC. The van der Waals surface area contributed by atoms with Gasteiger partial charge in [-0.3, -0.25) is 0 Å². The highest BCUT2D eigenvalue weighted by atomic mass is 16.5. The molecule has 102 valence electrons. The largest absolute Gasteiger partial charge is 0.493 e. The van der Waals surface area contributed by atoms with Gasteiger partial charge in [0.25, 0.3) is 0 Å². The van der Waals surface area contributed by atoms with E-state index in [0.717, 1.165) is 17.1 Å². The molecule has 1 aromatic rings. The molecule has 0 saturated carbocycles. The zero-order chi connectivity index (χ0) is 13.5. The lowest BCUT2D eigenvalue weighted by molar-refractivity contribution is 0.209. The highest BCUT2D eigenvalue weighted by Gasteiger charge is 2.14. The summed E-state index contributed by atoms with van der Waals surface area (Å²) >= 11 is 0. The van der Waals surface area contributed by atoms with Crippen LogP contribution in [-0.2, 0) is 6.54 Å². The average molecular weight is 253 g/mol. The van der Waals surface area contributed by atoms with E-state index in [4.69, 9.17) is 9.47 Å². The van der Waals surface area contributed by atoms with Gasteiger partial charge in [-0.2, -0.15) is 0 Å². The average Bonchev–Trinajstić information content (AvgIpc) is 2.38. The second-order valence-electron chi connectivity index (χ2n) is 4.57. The lowest BCUT2D eigenvalue weighted by Gasteiger charge is -2.21. The van der Waals surface area contributed by atoms with Crippen LogP contribution in [0.25, 0.3) is 0 Å². The first-order valence-electron chi connectivity index (χ1n) is 6.18. The van der Waals surface area contributed by atoms with Crippen LogP contribution in [-0.4, -0.2) is 32.0 Å². The van der Waals surface area contributed by atoms with Gasteiger partial charge in [0.15, 0.2) is 11.5 Å².